The first-order valence-corrected chi connectivity index (χ1v) is 10.8. The molecule has 1 aliphatic carbocycles. The summed E-state index contributed by atoms with van der Waals surface area (Å²) < 4.78 is 11.8. The summed E-state index contributed by atoms with van der Waals surface area (Å²) in [4.78, 5) is 6.65. The van der Waals surface area contributed by atoms with Crippen LogP contribution in [0.5, 0.6) is 11.5 Å². The molecular weight excluding hydrogens is 390 g/mol. The number of aromatic amines is 1. The largest absolute Gasteiger partial charge is 0.493 e. The third kappa shape index (κ3) is 3.75. The minimum absolute atomic E-state index is 0.398. The number of methoxy groups -OCH3 is 1. The van der Waals surface area contributed by atoms with Crippen molar-refractivity contribution in [2.75, 3.05) is 33.4 Å². The molecule has 1 saturated heterocycles. The van der Waals surface area contributed by atoms with E-state index in [9.17, 15) is 0 Å². The van der Waals surface area contributed by atoms with Crippen molar-refractivity contribution in [1.82, 2.24) is 20.1 Å². The average molecular weight is 415 g/mol. The summed E-state index contributed by atoms with van der Waals surface area (Å²) in [6.45, 7) is 3.91. The quantitative estimate of drug-likeness (QED) is 0.516. The summed E-state index contributed by atoms with van der Waals surface area (Å²) in [6.07, 6.45) is 6.36. The number of benzene rings is 1. The van der Waals surface area contributed by atoms with Gasteiger partial charge in [0.25, 0.3) is 0 Å². The molecule has 0 bridgehead atoms. The Hall–Kier alpha value is -3.37. The average Bonchev–Trinajstić information content (AvgIpc) is 3.38. The Morgan fingerprint density at radius 1 is 1.16 bits per heavy atom. The molecule has 3 heterocycles. The maximum absolute atomic E-state index is 8.98. The molecule has 2 aromatic heterocycles. The van der Waals surface area contributed by atoms with Crippen LogP contribution in [0.2, 0.25) is 0 Å². The number of hydrogen-bond acceptors (Lipinski definition) is 6. The second kappa shape index (κ2) is 8.40. The number of H-pyrrole nitrogens is 1. The Morgan fingerprint density at radius 2 is 2.03 bits per heavy atom. The van der Waals surface area contributed by atoms with Crippen molar-refractivity contribution in [3.05, 3.63) is 47.3 Å². The minimum atomic E-state index is 0.398. The molecule has 3 aromatic rings. The van der Waals surface area contributed by atoms with Crippen molar-refractivity contribution < 1.29 is 9.47 Å². The number of nitrogens with zero attached hydrogens (tertiary/aromatic N) is 4. The van der Waals surface area contributed by atoms with Crippen LogP contribution < -0.4 is 9.47 Å². The van der Waals surface area contributed by atoms with Crippen molar-refractivity contribution in [2.24, 2.45) is 0 Å². The second-order valence-corrected chi connectivity index (χ2v) is 8.06. The number of pyridine rings is 1. The first-order valence-electron chi connectivity index (χ1n) is 10.8. The van der Waals surface area contributed by atoms with Crippen molar-refractivity contribution >= 4 is 0 Å². The van der Waals surface area contributed by atoms with Gasteiger partial charge in [0.2, 0.25) is 0 Å². The van der Waals surface area contributed by atoms with Gasteiger partial charge in [0, 0.05) is 35.9 Å². The fourth-order valence-electron chi connectivity index (χ4n) is 4.51. The molecule has 31 heavy (non-hydrogen) atoms. The normalized spacial score (nSPS) is 15.2. The molecule has 1 aromatic carbocycles. The van der Waals surface area contributed by atoms with Crippen LogP contribution in [0.25, 0.3) is 22.5 Å². The molecule has 0 saturated carbocycles. The van der Waals surface area contributed by atoms with Gasteiger partial charge < -0.3 is 9.47 Å². The molecule has 1 aliphatic heterocycles. The number of ether oxygens (including phenoxy) is 2. The Bertz CT molecular complexity index is 1120. The monoisotopic (exact) mass is 415 g/mol. The SMILES string of the molecule is COc1cc2c(cc1OCCN1CCCCC1)-c1[nH]nc(-c3ccc(C#N)nc3)c1C2. The fraction of sp³-hybridized carbons (Fsp3) is 0.375. The number of rotatable bonds is 6. The molecule has 0 radical (unpaired) electrons. The van der Waals surface area contributed by atoms with E-state index in [1.807, 2.05) is 6.07 Å². The van der Waals surface area contributed by atoms with E-state index < -0.39 is 0 Å². The number of likely N-dealkylation sites (tertiary alicyclic amines) is 1. The summed E-state index contributed by atoms with van der Waals surface area (Å²) in [5.74, 6) is 1.53. The minimum Gasteiger partial charge on any atom is -0.493 e. The highest BCUT2D eigenvalue weighted by Crippen LogP contribution is 2.44. The Labute approximate surface area is 181 Å². The molecule has 7 nitrogen and oxygen atoms in total. The first kappa shape index (κ1) is 19.6. The Kier molecular flexibility index (Phi) is 5.31. The van der Waals surface area contributed by atoms with Crippen molar-refractivity contribution in [2.45, 2.75) is 25.7 Å². The molecule has 7 heteroatoms. The van der Waals surface area contributed by atoms with Gasteiger partial charge in [-0.3, -0.25) is 10.00 Å². The smallest absolute Gasteiger partial charge is 0.161 e. The van der Waals surface area contributed by atoms with Crippen LogP contribution in [0.4, 0.5) is 0 Å². The van der Waals surface area contributed by atoms with Crippen LogP contribution in [-0.4, -0.2) is 53.4 Å². The van der Waals surface area contributed by atoms with Crippen LogP contribution in [0.3, 0.4) is 0 Å². The molecule has 0 unspecified atom stereocenters. The second-order valence-electron chi connectivity index (χ2n) is 8.06. The molecule has 0 spiro atoms. The summed E-state index contributed by atoms with van der Waals surface area (Å²) in [5, 5.41) is 16.7. The van der Waals surface area contributed by atoms with E-state index in [4.69, 9.17) is 14.7 Å². The third-order valence-corrected chi connectivity index (χ3v) is 6.16. The molecule has 1 fully saturated rings. The van der Waals surface area contributed by atoms with E-state index in [0.717, 1.165) is 65.6 Å². The number of aromatic nitrogens is 3. The van der Waals surface area contributed by atoms with E-state index in [1.54, 1.807) is 19.4 Å². The van der Waals surface area contributed by atoms with Crippen molar-refractivity contribution in [3.63, 3.8) is 0 Å². The van der Waals surface area contributed by atoms with Crippen LogP contribution in [0.1, 0.15) is 36.1 Å². The molecular formula is C24H25N5O2. The maximum Gasteiger partial charge on any atom is 0.161 e. The number of fused-ring (bicyclic) bond motifs is 3. The topological polar surface area (TPSA) is 87.1 Å². The van der Waals surface area contributed by atoms with E-state index in [2.05, 4.69) is 38.3 Å². The van der Waals surface area contributed by atoms with E-state index in [0.29, 0.717) is 12.3 Å². The molecule has 0 atom stereocenters. The van der Waals surface area contributed by atoms with Crippen LogP contribution >= 0.6 is 0 Å². The lowest BCUT2D eigenvalue weighted by Crippen LogP contribution is -2.33. The van der Waals surface area contributed by atoms with E-state index in [1.165, 1.54) is 24.8 Å². The highest BCUT2D eigenvalue weighted by molar-refractivity contribution is 5.82. The third-order valence-electron chi connectivity index (χ3n) is 6.16. The molecule has 5 rings (SSSR count). The molecule has 158 valence electrons. The lowest BCUT2D eigenvalue weighted by molar-refractivity contribution is 0.180. The number of hydrogen-bond donors (Lipinski definition) is 1. The van der Waals surface area contributed by atoms with Gasteiger partial charge in [0.05, 0.1) is 18.5 Å². The zero-order valence-corrected chi connectivity index (χ0v) is 17.6. The number of nitrogens with one attached hydrogen (secondary N) is 1. The highest BCUT2D eigenvalue weighted by Gasteiger charge is 2.27. The lowest BCUT2D eigenvalue weighted by Gasteiger charge is -2.26. The van der Waals surface area contributed by atoms with Crippen molar-refractivity contribution in [1.29, 1.82) is 5.26 Å². The maximum atomic E-state index is 8.98. The van der Waals surface area contributed by atoms with Crippen LogP contribution in [-0.2, 0) is 6.42 Å². The summed E-state index contributed by atoms with van der Waals surface area (Å²) in [6, 6.07) is 9.79. The van der Waals surface area contributed by atoms with Crippen LogP contribution in [0.15, 0.2) is 30.5 Å². The lowest BCUT2D eigenvalue weighted by atomic mass is 10.1. The van der Waals surface area contributed by atoms with Gasteiger partial charge in [0.1, 0.15) is 18.4 Å². The number of piperidine rings is 1. The zero-order valence-electron chi connectivity index (χ0n) is 17.6. The highest BCUT2D eigenvalue weighted by atomic mass is 16.5. The van der Waals surface area contributed by atoms with Gasteiger partial charge in [-0.2, -0.15) is 10.4 Å². The Morgan fingerprint density at radius 3 is 2.77 bits per heavy atom. The number of nitriles is 1. The zero-order chi connectivity index (χ0) is 21.2. The van der Waals surface area contributed by atoms with E-state index in [-0.39, 0.29) is 0 Å². The standard InChI is InChI=1S/C24H25N5O2/c1-30-21-12-17-11-20-23(16-5-6-18(14-25)26-15-16)27-28-24(20)19(17)13-22(21)31-10-9-29-7-3-2-4-8-29/h5-6,12-13,15H,2-4,7-11H2,1H3,(H,27,28). The first-order chi connectivity index (χ1) is 15.3. The fourth-order valence-corrected chi connectivity index (χ4v) is 4.51. The van der Waals surface area contributed by atoms with Gasteiger partial charge in [-0.25, -0.2) is 4.98 Å². The van der Waals surface area contributed by atoms with E-state index >= 15 is 0 Å². The molecule has 1 N–H and O–H groups in total. The van der Waals surface area contributed by atoms with Gasteiger partial charge in [-0.15, -0.1) is 0 Å². The molecule has 2 aliphatic rings. The van der Waals surface area contributed by atoms with Gasteiger partial charge in [-0.1, -0.05) is 6.42 Å². The predicted octanol–water partition coefficient (Wildman–Crippen LogP) is 3.79. The van der Waals surface area contributed by atoms with Crippen molar-refractivity contribution in [3.8, 4) is 40.1 Å². The van der Waals surface area contributed by atoms with Crippen LogP contribution in [0, 0.1) is 11.3 Å². The summed E-state index contributed by atoms with van der Waals surface area (Å²) in [7, 11) is 1.68. The Balaban J connectivity index is 1.38. The summed E-state index contributed by atoms with van der Waals surface area (Å²) >= 11 is 0. The predicted molar refractivity (Wildman–Crippen MR) is 117 cm³/mol. The van der Waals surface area contributed by atoms with Gasteiger partial charge in [0.15, 0.2) is 11.5 Å². The summed E-state index contributed by atoms with van der Waals surface area (Å²) in [5.41, 5.74) is 6.60. The van der Waals surface area contributed by atoms with Gasteiger partial charge >= 0.3 is 0 Å². The van der Waals surface area contributed by atoms with Gasteiger partial charge in [-0.05, 0) is 55.8 Å². The molecule has 0 amide bonds.